The highest BCUT2D eigenvalue weighted by molar-refractivity contribution is 5.82. The van der Waals surface area contributed by atoms with Crippen molar-refractivity contribution in [2.24, 2.45) is 0 Å². The number of aliphatic hydroxyl groups excluding tert-OH is 1. The maximum absolute atomic E-state index is 10.6. The molecule has 0 aliphatic heterocycles. The predicted octanol–water partition coefficient (Wildman–Crippen LogP) is 0.718. The Morgan fingerprint density at radius 3 is 2.84 bits per heavy atom. The van der Waals surface area contributed by atoms with Crippen LogP contribution >= 0.6 is 0 Å². The molecule has 0 saturated heterocycles. The molecule has 2 aromatic rings. The normalized spacial score (nSPS) is 12.1. The molecule has 1 heterocycles. The van der Waals surface area contributed by atoms with Gasteiger partial charge < -0.3 is 14.9 Å². The number of methoxy groups -OCH3 is 1. The second kappa shape index (κ2) is 5.49. The standard InChI is InChI=1S/C12H13N3O4/c1-19-10-5-3-2-4-8(10)9(16)6-15-7-13-11(14-15)12(17)18/h2-5,7,9,16H,6H2,1H3,(H,17,18). The number of benzene rings is 1. The third kappa shape index (κ3) is 2.89. The molecule has 0 bridgehead atoms. The first-order valence-corrected chi connectivity index (χ1v) is 5.55. The van der Waals surface area contributed by atoms with Crippen molar-refractivity contribution in [1.82, 2.24) is 14.8 Å². The number of hydrogen-bond donors (Lipinski definition) is 2. The zero-order chi connectivity index (χ0) is 13.8. The highest BCUT2D eigenvalue weighted by atomic mass is 16.5. The first kappa shape index (κ1) is 13.0. The molecule has 1 unspecified atom stereocenters. The van der Waals surface area contributed by atoms with Gasteiger partial charge in [0.1, 0.15) is 18.2 Å². The Balaban J connectivity index is 2.15. The number of hydrogen-bond acceptors (Lipinski definition) is 5. The summed E-state index contributed by atoms with van der Waals surface area (Å²) < 4.78 is 6.43. The van der Waals surface area contributed by atoms with Gasteiger partial charge in [-0.05, 0) is 6.07 Å². The molecule has 0 spiro atoms. The monoisotopic (exact) mass is 263 g/mol. The number of aliphatic hydroxyl groups is 1. The summed E-state index contributed by atoms with van der Waals surface area (Å²) in [5.41, 5.74) is 0.609. The molecule has 0 aliphatic rings. The van der Waals surface area contributed by atoms with Crippen molar-refractivity contribution >= 4 is 5.97 Å². The molecule has 1 aromatic heterocycles. The minimum Gasteiger partial charge on any atom is -0.496 e. The Labute approximate surface area is 109 Å². The fraction of sp³-hybridized carbons (Fsp3) is 0.250. The van der Waals surface area contributed by atoms with Gasteiger partial charge in [-0.1, -0.05) is 18.2 Å². The lowest BCUT2D eigenvalue weighted by Crippen LogP contribution is -2.11. The minimum absolute atomic E-state index is 0.0979. The van der Waals surface area contributed by atoms with E-state index < -0.39 is 12.1 Å². The zero-order valence-electron chi connectivity index (χ0n) is 10.2. The second-order valence-electron chi connectivity index (χ2n) is 3.85. The van der Waals surface area contributed by atoms with E-state index in [1.807, 2.05) is 0 Å². The lowest BCUT2D eigenvalue weighted by Gasteiger charge is -2.14. The van der Waals surface area contributed by atoms with Crippen LogP contribution in [0.5, 0.6) is 5.75 Å². The van der Waals surface area contributed by atoms with Gasteiger partial charge in [-0.15, -0.1) is 5.10 Å². The number of carboxylic acid groups (broad SMARTS) is 1. The molecule has 0 radical (unpaired) electrons. The quantitative estimate of drug-likeness (QED) is 0.824. The van der Waals surface area contributed by atoms with E-state index in [9.17, 15) is 9.90 Å². The van der Waals surface area contributed by atoms with Crippen molar-refractivity contribution in [3.05, 3.63) is 42.0 Å². The molecule has 0 aliphatic carbocycles. The average molecular weight is 263 g/mol. The van der Waals surface area contributed by atoms with E-state index in [0.29, 0.717) is 11.3 Å². The van der Waals surface area contributed by atoms with Crippen molar-refractivity contribution in [1.29, 1.82) is 0 Å². The van der Waals surface area contributed by atoms with E-state index in [0.717, 1.165) is 0 Å². The molecule has 1 aromatic carbocycles. The van der Waals surface area contributed by atoms with Crippen LogP contribution in [0.15, 0.2) is 30.6 Å². The molecule has 7 nitrogen and oxygen atoms in total. The van der Waals surface area contributed by atoms with Crippen LogP contribution in [0.3, 0.4) is 0 Å². The molecule has 1 atom stereocenters. The van der Waals surface area contributed by atoms with Crippen molar-refractivity contribution in [2.45, 2.75) is 12.6 Å². The Kier molecular flexibility index (Phi) is 3.76. The largest absolute Gasteiger partial charge is 0.496 e. The number of ether oxygens (including phenoxy) is 1. The fourth-order valence-electron chi connectivity index (χ4n) is 1.70. The third-order valence-electron chi connectivity index (χ3n) is 2.59. The van der Waals surface area contributed by atoms with E-state index in [2.05, 4.69) is 10.1 Å². The van der Waals surface area contributed by atoms with Gasteiger partial charge in [0.05, 0.1) is 13.7 Å². The summed E-state index contributed by atoms with van der Waals surface area (Å²) in [6, 6.07) is 7.05. The second-order valence-corrected chi connectivity index (χ2v) is 3.85. The van der Waals surface area contributed by atoms with Crippen LogP contribution in [0.25, 0.3) is 0 Å². The molecule has 2 N–H and O–H groups in total. The molecule has 19 heavy (non-hydrogen) atoms. The van der Waals surface area contributed by atoms with Crippen LogP contribution in [0, 0.1) is 0 Å². The highest BCUT2D eigenvalue weighted by Gasteiger charge is 2.15. The van der Waals surface area contributed by atoms with Gasteiger partial charge in [-0.2, -0.15) is 0 Å². The van der Waals surface area contributed by atoms with E-state index in [4.69, 9.17) is 9.84 Å². The smallest absolute Gasteiger partial charge is 0.375 e. The van der Waals surface area contributed by atoms with E-state index in [1.165, 1.54) is 18.1 Å². The van der Waals surface area contributed by atoms with Crippen molar-refractivity contribution < 1.29 is 19.7 Å². The van der Waals surface area contributed by atoms with Crippen LogP contribution in [-0.2, 0) is 6.54 Å². The first-order valence-electron chi connectivity index (χ1n) is 5.55. The SMILES string of the molecule is COc1ccccc1C(O)Cn1cnc(C(=O)O)n1. The number of rotatable bonds is 5. The fourth-order valence-corrected chi connectivity index (χ4v) is 1.70. The Hall–Kier alpha value is -2.41. The summed E-state index contributed by atoms with van der Waals surface area (Å²) in [5.74, 6) is -0.939. The maximum atomic E-state index is 10.6. The van der Waals surface area contributed by atoms with Crippen LogP contribution < -0.4 is 4.74 Å². The summed E-state index contributed by atoms with van der Waals surface area (Å²) in [6.07, 6.45) is 0.404. The number of carbonyl (C=O) groups is 1. The number of nitrogens with zero attached hydrogens (tertiary/aromatic N) is 3. The Morgan fingerprint density at radius 2 is 2.21 bits per heavy atom. The lowest BCUT2D eigenvalue weighted by molar-refractivity contribution is 0.0682. The Bertz CT molecular complexity index is 582. The summed E-state index contributed by atoms with van der Waals surface area (Å²) in [7, 11) is 1.52. The Morgan fingerprint density at radius 1 is 1.47 bits per heavy atom. The molecule has 0 saturated carbocycles. The molecule has 2 rings (SSSR count). The zero-order valence-corrected chi connectivity index (χ0v) is 10.2. The number of carboxylic acids is 1. The van der Waals surface area contributed by atoms with Gasteiger partial charge >= 0.3 is 5.97 Å². The highest BCUT2D eigenvalue weighted by Crippen LogP contribution is 2.25. The average Bonchev–Trinajstić information content (AvgIpc) is 2.87. The van der Waals surface area contributed by atoms with Crippen LogP contribution in [0.2, 0.25) is 0 Å². The van der Waals surface area contributed by atoms with Gasteiger partial charge in [0, 0.05) is 5.56 Å². The summed E-state index contributed by atoms with van der Waals surface area (Å²) in [4.78, 5) is 14.3. The third-order valence-corrected chi connectivity index (χ3v) is 2.59. The van der Waals surface area contributed by atoms with Gasteiger partial charge in [0.15, 0.2) is 0 Å². The summed E-state index contributed by atoms with van der Waals surface area (Å²) in [6.45, 7) is 0.0979. The van der Waals surface area contributed by atoms with Gasteiger partial charge in [-0.25, -0.2) is 14.5 Å². The van der Waals surface area contributed by atoms with Crippen LogP contribution in [0.1, 0.15) is 22.3 Å². The number of para-hydroxylation sites is 1. The molecule has 0 fully saturated rings. The van der Waals surface area contributed by atoms with Crippen LogP contribution in [-0.4, -0.2) is 38.1 Å². The van der Waals surface area contributed by atoms with Gasteiger partial charge in [-0.3, -0.25) is 0 Å². The molecule has 7 heteroatoms. The van der Waals surface area contributed by atoms with Gasteiger partial charge in [0.25, 0.3) is 5.82 Å². The van der Waals surface area contributed by atoms with Crippen molar-refractivity contribution in [3.63, 3.8) is 0 Å². The first-order chi connectivity index (χ1) is 9.11. The number of aromatic carboxylic acids is 1. The van der Waals surface area contributed by atoms with E-state index >= 15 is 0 Å². The topological polar surface area (TPSA) is 97.5 Å². The summed E-state index contributed by atoms with van der Waals surface area (Å²) in [5, 5.41) is 22.6. The number of aromatic nitrogens is 3. The predicted molar refractivity (Wildman–Crippen MR) is 64.9 cm³/mol. The molecular weight excluding hydrogens is 250 g/mol. The summed E-state index contributed by atoms with van der Waals surface area (Å²) >= 11 is 0. The lowest BCUT2D eigenvalue weighted by atomic mass is 10.1. The van der Waals surface area contributed by atoms with Crippen molar-refractivity contribution in [3.8, 4) is 5.75 Å². The maximum Gasteiger partial charge on any atom is 0.375 e. The molecule has 100 valence electrons. The van der Waals surface area contributed by atoms with Crippen LogP contribution in [0.4, 0.5) is 0 Å². The van der Waals surface area contributed by atoms with Gasteiger partial charge in [0.2, 0.25) is 0 Å². The minimum atomic E-state index is -1.20. The van der Waals surface area contributed by atoms with Crippen molar-refractivity contribution in [2.75, 3.05) is 7.11 Å². The van der Waals surface area contributed by atoms with E-state index in [-0.39, 0.29) is 12.4 Å². The molecular formula is C12H13N3O4. The molecule has 0 amide bonds. The van der Waals surface area contributed by atoms with E-state index in [1.54, 1.807) is 24.3 Å².